The van der Waals surface area contributed by atoms with Gasteiger partial charge in [-0.05, 0) is 49.4 Å². The smallest absolute Gasteiger partial charge is 0.138 e. The van der Waals surface area contributed by atoms with Crippen LogP contribution in [0, 0.1) is 0 Å². The number of nitrogens with one attached hydrogen (secondary N) is 1. The first kappa shape index (κ1) is 15.4. The summed E-state index contributed by atoms with van der Waals surface area (Å²) >= 11 is 1.75. The molecule has 1 aliphatic rings. The van der Waals surface area contributed by atoms with Crippen LogP contribution in [0.3, 0.4) is 0 Å². The number of aromatic hydroxyl groups is 1. The molecule has 0 fully saturated rings. The van der Waals surface area contributed by atoms with Crippen molar-refractivity contribution in [2.24, 2.45) is 0 Å². The van der Waals surface area contributed by atoms with Crippen molar-refractivity contribution in [1.82, 2.24) is 9.97 Å². The summed E-state index contributed by atoms with van der Waals surface area (Å²) in [4.78, 5) is 11.3. The van der Waals surface area contributed by atoms with E-state index in [0.717, 1.165) is 34.4 Å². The molecule has 2 heterocycles. The average molecular weight is 341 g/mol. The van der Waals surface area contributed by atoms with Crippen molar-refractivity contribution in [1.29, 1.82) is 0 Å². The Bertz CT molecular complexity index is 876. The van der Waals surface area contributed by atoms with E-state index in [2.05, 4.69) is 15.3 Å². The van der Waals surface area contributed by atoms with Crippen molar-refractivity contribution in [2.45, 2.75) is 38.3 Å². The molecule has 0 aliphatic heterocycles. The second kappa shape index (κ2) is 6.03. The molecule has 6 heteroatoms. The predicted molar refractivity (Wildman–Crippen MR) is 95.6 cm³/mol. The van der Waals surface area contributed by atoms with Crippen LogP contribution in [0.1, 0.15) is 35.5 Å². The summed E-state index contributed by atoms with van der Waals surface area (Å²) in [5.41, 5.74) is 2.12. The molecule has 5 nitrogen and oxygen atoms in total. The summed E-state index contributed by atoms with van der Waals surface area (Å²) in [7, 11) is 0. The van der Waals surface area contributed by atoms with Crippen LogP contribution in [0.5, 0.6) is 5.75 Å². The van der Waals surface area contributed by atoms with Crippen LogP contribution in [0.15, 0.2) is 30.6 Å². The van der Waals surface area contributed by atoms with Crippen molar-refractivity contribution in [3.05, 3.63) is 46.6 Å². The average Bonchev–Trinajstić information content (AvgIpc) is 3.16. The minimum Gasteiger partial charge on any atom is -0.508 e. The van der Waals surface area contributed by atoms with Gasteiger partial charge in [0.25, 0.3) is 0 Å². The highest BCUT2D eigenvalue weighted by Gasteiger charge is 2.23. The second-order valence-electron chi connectivity index (χ2n) is 6.23. The molecule has 0 bridgehead atoms. The van der Waals surface area contributed by atoms with Crippen molar-refractivity contribution < 1.29 is 10.2 Å². The van der Waals surface area contributed by atoms with Gasteiger partial charge in [-0.1, -0.05) is 12.1 Å². The number of aromatic nitrogens is 2. The van der Waals surface area contributed by atoms with Crippen LogP contribution >= 0.6 is 11.3 Å². The number of aryl methyl sites for hydroxylation is 2. The van der Waals surface area contributed by atoms with Gasteiger partial charge in [0.2, 0.25) is 0 Å². The summed E-state index contributed by atoms with van der Waals surface area (Å²) in [6.07, 6.45) is 4.28. The number of nitrogens with zero attached hydrogens (tertiary/aromatic N) is 2. The first-order valence-electron chi connectivity index (χ1n) is 8.12. The lowest BCUT2D eigenvalue weighted by Crippen LogP contribution is -2.24. The Hall–Kier alpha value is -2.18. The van der Waals surface area contributed by atoms with Crippen LogP contribution in [0.2, 0.25) is 0 Å². The van der Waals surface area contributed by atoms with Gasteiger partial charge in [-0.2, -0.15) is 0 Å². The minimum atomic E-state index is -0.692. The maximum absolute atomic E-state index is 10.6. The van der Waals surface area contributed by atoms with Gasteiger partial charge in [0, 0.05) is 4.88 Å². The van der Waals surface area contributed by atoms with Gasteiger partial charge in [-0.3, -0.25) is 0 Å². The van der Waals surface area contributed by atoms with Gasteiger partial charge >= 0.3 is 0 Å². The lowest BCUT2D eigenvalue weighted by molar-refractivity contribution is 0.160. The first-order chi connectivity index (χ1) is 11.6. The molecule has 1 aromatic carbocycles. The van der Waals surface area contributed by atoms with Crippen LogP contribution in [0.4, 0.5) is 5.82 Å². The highest BCUT2D eigenvalue weighted by Crippen LogP contribution is 2.39. The Balaban J connectivity index is 1.63. The van der Waals surface area contributed by atoms with Gasteiger partial charge in [-0.15, -0.1) is 11.3 Å². The van der Waals surface area contributed by atoms with Crippen molar-refractivity contribution >= 4 is 27.4 Å². The quantitative estimate of drug-likeness (QED) is 0.678. The van der Waals surface area contributed by atoms with Gasteiger partial charge in [0.1, 0.15) is 22.7 Å². The largest absolute Gasteiger partial charge is 0.508 e. The molecule has 0 radical (unpaired) electrons. The number of fused-ring (bicyclic) bond motifs is 3. The Labute approximate surface area is 144 Å². The molecule has 4 rings (SSSR count). The Morgan fingerprint density at radius 2 is 1.96 bits per heavy atom. The number of phenols is 1. The van der Waals surface area contributed by atoms with E-state index in [1.54, 1.807) is 41.9 Å². The fraction of sp³-hybridized carbons (Fsp3) is 0.333. The molecule has 3 N–H and O–H groups in total. The standard InChI is InChI=1S/C18H19N3O2S/c1-10(16(23)11-5-7-12(22)8-6-11)21-17-15-13-3-2-4-14(13)24-18(15)20-9-19-17/h5-10,16,22-23H,2-4H2,1H3,(H,19,20,21)/t10-,16+/m0/s1. The third kappa shape index (κ3) is 2.61. The lowest BCUT2D eigenvalue weighted by atomic mass is 10.0. The molecule has 2 aromatic heterocycles. The van der Waals surface area contributed by atoms with Crippen LogP contribution in [0.25, 0.3) is 10.2 Å². The van der Waals surface area contributed by atoms with E-state index in [4.69, 9.17) is 0 Å². The molecule has 0 saturated heterocycles. The van der Waals surface area contributed by atoms with Gasteiger partial charge in [0.05, 0.1) is 17.5 Å². The molecule has 3 aromatic rings. The van der Waals surface area contributed by atoms with Crippen molar-refractivity contribution in [2.75, 3.05) is 5.32 Å². The van der Waals surface area contributed by atoms with E-state index in [1.807, 2.05) is 6.92 Å². The molecule has 0 unspecified atom stereocenters. The SMILES string of the molecule is C[C@H](Nc1ncnc2sc3c(c12)CCC3)[C@@H](O)c1ccc(O)cc1. The topological polar surface area (TPSA) is 78.3 Å². The summed E-state index contributed by atoms with van der Waals surface area (Å²) < 4.78 is 0. The van der Waals surface area contributed by atoms with E-state index in [-0.39, 0.29) is 11.8 Å². The zero-order valence-electron chi connectivity index (χ0n) is 13.4. The first-order valence-corrected chi connectivity index (χ1v) is 8.94. The normalized spacial score (nSPS) is 16.1. The van der Waals surface area contributed by atoms with Gasteiger partial charge < -0.3 is 15.5 Å². The van der Waals surface area contributed by atoms with Crippen LogP contribution < -0.4 is 5.32 Å². The number of benzene rings is 1. The lowest BCUT2D eigenvalue weighted by Gasteiger charge is -2.21. The van der Waals surface area contributed by atoms with E-state index in [0.29, 0.717) is 0 Å². The van der Waals surface area contributed by atoms with Crippen LogP contribution in [-0.2, 0) is 12.8 Å². The highest BCUT2D eigenvalue weighted by atomic mass is 32.1. The van der Waals surface area contributed by atoms with Crippen LogP contribution in [-0.4, -0.2) is 26.2 Å². The third-order valence-electron chi connectivity index (χ3n) is 4.57. The number of hydrogen-bond acceptors (Lipinski definition) is 6. The van der Waals surface area contributed by atoms with E-state index in [9.17, 15) is 10.2 Å². The van der Waals surface area contributed by atoms with Gasteiger partial charge in [0.15, 0.2) is 0 Å². The van der Waals surface area contributed by atoms with Crippen molar-refractivity contribution in [3.8, 4) is 5.75 Å². The Kier molecular flexibility index (Phi) is 3.86. The number of phenolic OH excluding ortho intramolecular Hbond substituents is 1. The molecular weight excluding hydrogens is 322 g/mol. The third-order valence-corrected chi connectivity index (χ3v) is 5.77. The van der Waals surface area contributed by atoms with E-state index >= 15 is 0 Å². The van der Waals surface area contributed by atoms with Gasteiger partial charge in [-0.25, -0.2) is 9.97 Å². The molecule has 124 valence electrons. The number of thiophene rings is 1. The van der Waals surface area contributed by atoms with Crippen molar-refractivity contribution in [3.63, 3.8) is 0 Å². The van der Waals surface area contributed by atoms with E-state index in [1.165, 1.54) is 16.9 Å². The molecular formula is C18H19N3O2S. The number of aliphatic hydroxyl groups excluding tert-OH is 1. The summed E-state index contributed by atoms with van der Waals surface area (Å²) in [6.45, 7) is 1.93. The zero-order chi connectivity index (χ0) is 16.7. The monoisotopic (exact) mass is 341 g/mol. The Morgan fingerprint density at radius 3 is 2.75 bits per heavy atom. The minimum absolute atomic E-state index is 0.193. The summed E-state index contributed by atoms with van der Waals surface area (Å²) in [6, 6.07) is 6.41. The Morgan fingerprint density at radius 1 is 1.17 bits per heavy atom. The molecule has 0 amide bonds. The number of aliphatic hydroxyl groups is 1. The predicted octanol–water partition coefficient (Wildman–Crippen LogP) is 3.42. The molecule has 1 aliphatic carbocycles. The summed E-state index contributed by atoms with van der Waals surface area (Å²) in [5.74, 6) is 0.989. The second-order valence-corrected chi connectivity index (χ2v) is 7.31. The summed E-state index contributed by atoms with van der Waals surface area (Å²) in [5, 5.41) is 24.4. The zero-order valence-corrected chi connectivity index (χ0v) is 14.2. The maximum atomic E-state index is 10.6. The number of anilines is 1. The fourth-order valence-corrected chi connectivity index (χ4v) is 4.52. The molecule has 2 atom stereocenters. The molecule has 24 heavy (non-hydrogen) atoms. The molecule has 0 saturated carbocycles. The molecule has 0 spiro atoms. The number of rotatable bonds is 4. The van der Waals surface area contributed by atoms with E-state index < -0.39 is 6.10 Å². The maximum Gasteiger partial charge on any atom is 0.138 e. The highest BCUT2D eigenvalue weighted by molar-refractivity contribution is 7.19. The fourth-order valence-electron chi connectivity index (χ4n) is 3.29. The number of hydrogen-bond donors (Lipinski definition) is 3.